The summed E-state index contributed by atoms with van der Waals surface area (Å²) in [7, 11) is 1.58. The molecule has 25 heavy (non-hydrogen) atoms. The van der Waals surface area contributed by atoms with E-state index in [-0.39, 0.29) is 23.8 Å². The van der Waals surface area contributed by atoms with Gasteiger partial charge in [0.05, 0.1) is 19.6 Å². The van der Waals surface area contributed by atoms with Crippen LogP contribution in [0.5, 0.6) is 5.75 Å². The highest BCUT2D eigenvalue weighted by Gasteiger charge is 2.41. The molecule has 0 spiro atoms. The maximum atomic E-state index is 12.6. The highest BCUT2D eigenvalue weighted by molar-refractivity contribution is 6.03. The average Bonchev–Trinajstić information content (AvgIpc) is 2.61. The molecule has 1 aliphatic heterocycles. The zero-order valence-electron chi connectivity index (χ0n) is 14.3. The second-order valence-corrected chi connectivity index (χ2v) is 5.92. The number of methoxy groups -OCH3 is 1. The van der Waals surface area contributed by atoms with Gasteiger partial charge in [-0.2, -0.15) is 0 Å². The molecule has 1 atom stereocenters. The van der Waals surface area contributed by atoms with Crippen LogP contribution in [0.4, 0.5) is 0 Å². The van der Waals surface area contributed by atoms with Gasteiger partial charge in [-0.25, -0.2) is 4.79 Å². The van der Waals surface area contributed by atoms with E-state index in [4.69, 9.17) is 19.9 Å². The van der Waals surface area contributed by atoms with Crippen LogP contribution >= 0.6 is 0 Å². The summed E-state index contributed by atoms with van der Waals surface area (Å²) >= 11 is 0. The predicted octanol–water partition coefficient (Wildman–Crippen LogP) is 2.55. The van der Waals surface area contributed by atoms with Gasteiger partial charge in [0.25, 0.3) is 0 Å². The van der Waals surface area contributed by atoms with Crippen LogP contribution in [-0.2, 0) is 19.1 Å². The van der Waals surface area contributed by atoms with Crippen LogP contribution in [0, 0.1) is 0 Å². The lowest BCUT2D eigenvalue weighted by Crippen LogP contribution is -2.31. The lowest BCUT2D eigenvalue weighted by molar-refractivity contribution is -0.139. The fourth-order valence-corrected chi connectivity index (χ4v) is 3.29. The van der Waals surface area contributed by atoms with Crippen molar-refractivity contribution in [2.75, 3.05) is 13.7 Å². The van der Waals surface area contributed by atoms with Gasteiger partial charge in [0.2, 0.25) is 5.88 Å². The quantitative estimate of drug-likeness (QED) is 0.845. The van der Waals surface area contributed by atoms with E-state index in [2.05, 4.69) is 0 Å². The summed E-state index contributed by atoms with van der Waals surface area (Å²) in [6.45, 7) is 1.93. The molecule has 1 aromatic carbocycles. The first-order chi connectivity index (χ1) is 12.1. The van der Waals surface area contributed by atoms with Crippen molar-refractivity contribution in [3.63, 3.8) is 0 Å². The van der Waals surface area contributed by atoms with Gasteiger partial charge in [0, 0.05) is 18.4 Å². The SMILES string of the molecule is CCOC(=O)C1=C(N)OC2=C(C(=O)CCC2)[C@H]1c1ccc(OC)cc1. The predicted molar refractivity (Wildman–Crippen MR) is 90.6 cm³/mol. The monoisotopic (exact) mass is 343 g/mol. The van der Waals surface area contributed by atoms with E-state index in [1.807, 2.05) is 12.1 Å². The summed E-state index contributed by atoms with van der Waals surface area (Å²) in [5.41, 5.74) is 7.50. The number of carbonyl (C=O) groups excluding carboxylic acids is 2. The number of allylic oxidation sites excluding steroid dienone is 2. The Labute approximate surface area is 146 Å². The molecule has 0 aromatic heterocycles. The summed E-state index contributed by atoms with van der Waals surface area (Å²) in [4.78, 5) is 25.1. The molecule has 0 amide bonds. The minimum Gasteiger partial charge on any atom is -0.497 e. The third kappa shape index (κ3) is 3.12. The number of ketones is 1. The number of rotatable bonds is 4. The second-order valence-electron chi connectivity index (χ2n) is 5.92. The van der Waals surface area contributed by atoms with Crippen LogP contribution < -0.4 is 10.5 Å². The largest absolute Gasteiger partial charge is 0.497 e. The van der Waals surface area contributed by atoms with E-state index < -0.39 is 11.9 Å². The first kappa shape index (κ1) is 17.1. The Morgan fingerprint density at radius 2 is 2.00 bits per heavy atom. The lowest BCUT2D eigenvalue weighted by Gasteiger charge is -2.32. The van der Waals surface area contributed by atoms with Crippen LogP contribution in [0.15, 0.2) is 47.1 Å². The second kappa shape index (κ2) is 7.01. The summed E-state index contributed by atoms with van der Waals surface area (Å²) in [5.74, 6) is 0.0913. The minimum atomic E-state index is -0.582. The molecule has 0 radical (unpaired) electrons. The van der Waals surface area contributed by atoms with Crippen LogP contribution in [0.2, 0.25) is 0 Å². The Hall–Kier alpha value is -2.76. The van der Waals surface area contributed by atoms with Gasteiger partial charge in [0.1, 0.15) is 17.1 Å². The van der Waals surface area contributed by atoms with Gasteiger partial charge in [-0.15, -0.1) is 0 Å². The fourth-order valence-electron chi connectivity index (χ4n) is 3.29. The van der Waals surface area contributed by atoms with Gasteiger partial charge in [-0.05, 0) is 31.0 Å². The standard InChI is InChI=1S/C19H21NO5/c1-3-24-19(22)17-15(11-7-9-12(23-2)10-8-11)16-13(21)5-4-6-14(16)25-18(17)20/h7-10,15H,3-6,20H2,1-2H3/t15-/m1/s1. The highest BCUT2D eigenvalue weighted by atomic mass is 16.5. The topological polar surface area (TPSA) is 87.9 Å². The average molecular weight is 343 g/mol. The molecule has 2 aliphatic rings. The van der Waals surface area contributed by atoms with Gasteiger partial charge < -0.3 is 19.9 Å². The first-order valence-corrected chi connectivity index (χ1v) is 8.31. The molecule has 0 bridgehead atoms. The number of Topliss-reactive ketones (excluding diaryl/α,β-unsaturated/α-hetero) is 1. The Morgan fingerprint density at radius 3 is 2.64 bits per heavy atom. The molecule has 0 fully saturated rings. The van der Waals surface area contributed by atoms with Crippen molar-refractivity contribution in [2.45, 2.75) is 32.1 Å². The Balaban J connectivity index is 2.13. The highest BCUT2D eigenvalue weighted by Crippen LogP contribution is 2.44. The van der Waals surface area contributed by atoms with Gasteiger partial charge in [0.15, 0.2) is 5.78 Å². The molecule has 0 unspecified atom stereocenters. The zero-order valence-corrected chi connectivity index (χ0v) is 14.3. The number of hydrogen-bond donors (Lipinski definition) is 1. The molecule has 6 heteroatoms. The minimum absolute atomic E-state index is 0.00715. The number of esters is 1. The molecule has 1 aliphatic carbocycles. The van der Waals surface area contributed by atoms with Crippen molar-refractivity contribution < 1.29 is 23.8 Å². The number of carbonyl (C=O) groups is 2. The normalized spacial score (nSPS) is 20.1. The number of benzene rings is 1. The Bertz CT molecular complexity index is 761. The third-order valence-corrected chi connectivity index (χ3v) is 4.43. The maximum absolute atomic E-state index is 12.6. The van der Waals surface area contributed by atoms with E-state index >= 15 is 0 Å². The van der Waals surface area contributed by atoms with E-state index in [0.29, 0.717) is 29.9 Å². The van der Waals surface area contributed by atoms with Gasteiger partial charge >= 0.3 is 5.97 Å². The van der Waals surface area contributed by atoms with Crippen molar-refractivity contribution >= 4 is 11.8 Å². The van der Waals surface area contributed by atoms with Crippen molar-refractivity contribution in [2.24, 2.45) is 5.73 Å². The van der Waals surface area contributed by atoms with Crippen LogP contribution in [-0.4, -0.2) is 25.5 Å². The third-order valence-electron chi connectivity index (χ3n) is 4.43. The van der Waals surface area contributed by atoms with Gasteiger partial charge in [-0.1, -0.05) is 12.1 Å². The molecule has 1 aromatic rings. The number of hydrogen-bond acceptors (Lipinski definition) is 6. The molecule has 132 valence electrons. The smallest absolute Gasteiger partial charge is 0.340 e. The summed E-state index contributed by atoms with van der Waals surface area (Å²) in [6, 6.07) is 7.23. The summed E-state index contributed by atoms with van der Waals surface area (Å²) < 4.78 is 16.0. The summed E-state index contributed by atoms with van der Waals surface area (Å²) in [5, 5.41) is 0. The molecule has 2 N–H and O–H groups in total. The number of ether oxygens (including phenoxy) is 3. The van der Waals surface area contributed by atoms with E-state index in [1.54, 1.807) is 26.2 Å². The lowest BCUT2D eigenvalue weighted by atomic mass is 9.77. The van der Waals surface area contributed by atoms with Crippen LogP contribution in [0.3, 0.4) is 0 Å². The molecule has 0 saturated carbocycles. The molecule has 0 saturated heterocycles. The van der Waals surface area contributed by atoms with Crippen molar-refractivity contribution in [3.8, 4) is 5.75 Å². The van der Waals surface area contributed by atoms with E-state index in [0.717, 1.165) is 12.0 Å². The Morgan fingerprint density at radius 1 is 1.28 bits per heavy atom. The number of nitrogens with two attached hydrogens (primary N) is 1. The van der Waals surface area contributed by atoms with Crippen molar-refractivity contribution in [3.05, 3.63) is 52.6 Å². The van der Waals surface area contributed by atoms with Crippen LogP contribution in [0.1, 0.15) is 37.7 Å². The molecular formula is C19H21NO5. The Kier molecular flexibility index (Phi) is 4.79. The maximum Gasteiger partial charge on any atom is 0.340 e. The molecular weight excluding hydrogens is 322 g/mol. The van der Waals surface area contributed by atoms with Gasteiger partial charge in [-0.3, -0.25) is 4.79 Å². The summed E-state index contributed by atoms with van der Waals surface area (Å²) in [6.07, 6.45) is 1.78. The fraction of sp³-hybridized carbons (Fsp3) is 0.368. The van der Waals surface area contributed by atoms with Crippen LogP contribution in [0.25, 0.3) is 0 Å². The van der Waals surface area contributed by atoms with E-state index in [1.165, 1.54) is 0 Å². The first-order valence-electron chi connectivity index (χ1n) is 8.31. The van der Waals surface area contributed by atoms with Crippen molar-refractivity contribution in [1.82, 2.24) is 0 Å². The van der Waals surface area contributed by atoms with E-state index in [9.17, 15) is 9.59 Å². The molecule has 1 heterocycles. The molecule has 3 rings (SSSR count). The molecule has 6 nitrogen and oxygen atoms in total. The zero-order chi connectivity index (χ0) is 18.0. The van der Waals surface area contributed by atoms with Crippen molar-refractivity contribution in [1.29, 1.82) is 0 Å².